The number of hydrogen-bond acceptors (Lipinski definition) is 6. The number of halogens is 2. The van der Waals surface area contributed by atoms with Crippen LogP contribution in [0.2, 0.25) is 0 Å². The zero-order valence-corrected chi connectivity index (χ0v) is 14.9. The number of benzene rings is 1. The van der Waals surface area contributed by atoms with Gasteiger partial charge in [-0.3, -0.25) is 4.79 Å². The highest BCUT2D eigenvalue weighted by molar-refractivity contribution is 8.02. The second-order valence-electron chi connectivity index (χ2n) is 5.03. The number of nitrogens with one attached hydrogen (secondary N) is 2. The first-order valence-corrected chi connectivity index (χ1v) is 9.19. The third kappa shape index (κ3) is 5.41. The lowest BCUT2D eigenvalue weighted by Crippen LogP contribution is -2.22. The fraction of sp³-hybridized carbons (Fsp3) is 0.400. The minimum Gasteiger partial charge on any atom is -0.360 e. The Labute approximate surface area is 147 Å². The Bertz CT molecular complexity index is 696. The van der Waals surface area contributed by atoms with Crippen molar-refractivity contribution in [2.45, 2.75) is 36.3 Å². The van der Waals surface area contributed by atoms with Crippen LogP contribution in [0, 0.1) is 11.6 Å². The second-order valence-corrected chi connectivity index (χ2v) is 7.60. The Morgan fingerprint density at radius 3 is 2.83 bits per heavy atom. The van der Waals surface area contributed by atoms with Gasteiger partial charge in [0.05, 0.1) is 5.25 Å². The van der Waals surface area contributed by atoms with E-state index >= 15 is 0 Å². The van der Waals surface area contributed by atoms with Crippen LogP contribution in [0.1, 0.15) is 26.7 Å². The van der Waals surface area contributed by atoms with E-state index in [2.05, 4.69) is 27.8 Å². The maximum atomic E-state index is 13.2. The number of thioether (sulfide) groups is 1. The predicted octanol–water partition coefficient (Wildman–Crippen LogP) is 4.15. The Balaban J connectivity index is 1.88. The molecule has 9 heteroatoms. The molecule has 2 rings (SSSR count). The van der Waals surface area contributed by atoms with Crippen LogP contribution >= 0.6 is 23.1 Å². The molecule has 0 fully saturated rings. The molecule has 0 saturated heterocycles. The van der Waals surface area contributed by atoms with Gasteiger partial charge in [-0.05, 0) is 25.5 Å². The van der Waals surface area contributed by atoms with E-state index in [1.807, 2.05) is 0 Å². The lowest BCUT2D eigenvalue weighted by atomic mass is 10.3. The molecule has 0 saturated carbocycles. The average Bonchev–Trinajstić information content (AvgIpc) is 2.98. The second kappa shape index (κ2) is 8.93. The molecule has 1 aromatic heterocycles. The van der Waals surface area contributed by atoms with Crippen molar-refractivity contribution in [1.29, 1.82) is 0 Å². The lowest BCUT2D eigenvalue weighted by Gasteiger charge is -2.10. The molecule has 24 heavy (non-hydrogen) atoms. The summed E-state index contributed by atoms with van der Waals surface area (Å²) < 4.78 is 26.7. The molecule has 130 valence electrons. The molecule has 0 spiro atoms. The van der Waals surface area contributed by atoms with Crippen molar-refractivity contribution in [3.63, 3.8) is 0 Å². The number of unbranched alkanes of at least 4 members (excludes halogenated alkanes) is 1. The first-order chi connectivity index (χ1) is 11.5. The lowest BCUT2D eigenvalue weighted by molar-refractivity contribution is -0.115. The van der Waals surface area contributed by atoms with Crippen LogP contribution in [0.15, 0.2) is 22.5 Å². The van der Waals surface area contributed by atoms with Gasteiger partial charge in [0.25, 0.3) is 0 Å². The highest BCUT2D eigenvalue weighted by atomic mass is 32.2. The normalized spacial score (nSPS) is 12.0. The van der Waals surface area contributed by atoms with Gasteiger partial charge in [0, 0.05) is 18.3 Å². The van der Waals surface area contributed by atoms with Gasteiger partial charge >= 0.3 is 0 Å². The fourth-order valence-corrected chi connectivity index (χ4v) is 3.65. The molecule has 1 aromatic carbocycles. The summed E-state index contributed by atoms with van der Waals surface area (Å²) in [5.41, 5.74) is 0.213. The number of aromatic nitrogens is 2. The molecule has 0 radical (unpaired) electrons. The van der Waals surface area contributed by atoms with E-state index in [0.29, 0.717) is 4.34 Å². The average molecular weight is 372 g/mol. The van der Waals surface area contributed by atoms with E-state index in [0.717, 1.165) is 36.7 Å². The zero-order chi connectivity index (χ0) is 17.5. The van der Waals surface area contributed by atoms with Crippen molar-refractivity contribution >= 4 is 39.8 Å². The molecule has 5 nitrogen and oxygen atoms in total. The predicted molar refractivity (Wildman–Crippen MR) is 93.6 cm³/mol. The van der Waals surface area contributed by atoms with Crippen LogP contribution < -0.4 is 10.6 Å². The molecule has 0 aliphatic heterocycles. The summed E-state index contributed by atoms with van der Waals surface area (Å²) in [5, 5.41) is 14.0. The third-order valence-electron chi connectivity index (χ3n) is 3.05. The fourth-order valence-electron chi connectivity index (χ4n) is 1.72. The molecule has 0 aliphatic carbocycles. The van der Waals surface area contributed by atoms with Gasteiger partial charge in [-0.2, -0.15) is 0 Å². The summed E-state index contributed by atoms with van der Waals surface area (Å²) in [4.78, 5) is 12.1. The first-order valence-electron chi connectivity index (χ1n) is 7.49. The van der Waals surface area contributed by atoms with Crippen LogP contribution in [0.5, 0.6) is 0 Å². The van der Waals surface area contributed by atoms with E-state index in [9.17, 15) is 13.6 Å². The van der Waals surface area contributed by atoms with E-state index in [1.54, 1.807) is 6.92 Å². The van der Waals surface area contributed by atoms with Crippen LogP contribution in [0.4, 0.5) is 19.6 Å². The minimum atomic E-state index is -1.000. The van der Waals surface area contributed by atoms with Crippen LogP contribution in [0.3, 0.4) is 0 Å². The third-order valence-corrected chi connectivity index (χ3v) is 5.11. The summed E-state index contributed by atoms with van der Waals surface area (Å²) in [6.45, 7) is 4.66. The summed E-state index contributed by atoms with van der Waals surface area (Å²) in [6.07, 6.45) is 2.14. The van der Waals surface area contributed by atoms with Crippen molar-refractivity contribution in [2.24, 2.45) is 0 Å². The number of amides is 1. The minimum absolute atomic E-state index is 0.213. The maximum absolute atomic E-state index is 13.2. The Kier molecular flexibility index (Phi) is 6.92. The van der Waals surface area contributed by atoms with E-state index < -0.39 is 16.9 Å². The summed E-state index contributed by atoms with van der Waals surface area (Å²) in [7, 11) is 0. The highest BCUT2D eigenvalue weighted by Gasteiger charge is 2.18. The van der Waals surface area contributed by atoms with Gasteiger partial charge in [-0.1, -0.05) is 36.4 Å². The van der Waals surface area contributed by atoms with Gasteiger partial charge in [0.1, 0.15) is 0 Å². The van der Waals surface area contributed by atoms with Crippen molar-refractivity contribution in [2.75, 3.05) is 17.2 Å². The molecule has 0 unspecified atom stereocenters. The SMILES string of the molecule is CCCCNc1nnc(S[C@@H](C)C(=O)Nc2ccc(F)c(F)c2)s1. The summed E-state index contributed by atoms with van der Waals surface area (Å²) in [5.74, 6) is -2.27. The monoisotopic (exact) mass is 372 g/mol. The van der Waals surface area contributed by atoms with Crippen molar-refractivity contribution in [3.05, 3.63) is 29.8 Å². The van der Waals surface area contributed by atoms with Crippen molar-refractivity contribution in [3.8, 4) is 0 Å². The van der Waals surface area contributed by atoms with Crippen molar-refractivity contribution in [1.82, 2.24) is 10.2 Å². The van der Waals surface area contributed by atoms with Gasteiger partial charge in [-0.25, -0.2) is 8.78 Å². The zero-order valence-electron chi connectivity index (χ0n) is 13.3. The van der Waals surface area contributed by atoms with Crippen LogP contribution in [-0.4, -0.2) is 27.9 Å². The molecule has 2 aromatic rings. The van der Waals surface area contributed by atoms with E-state index in [-0.39, 0.29) is 11.6 Å². The first kappa shape index (κ1) is 18.6. The highest BCUT2D eigenvalue weighted by Crippen LogP contribution is 2.29. The Morgan fingerprint density at radius 1 is 1.33 bits per heavy atom. The molecule has 1 amide bonds. The summed E-state index contributed by atoms with van der Waals surface area (Å²) >= 11 is 2.64. The number of rotatable bonds is 8. The van der Waals surface area contributed by atoms with E-state index in [4.69, 9.17) is 0 Å². The van der Waals surface area contributed by atoms with Gasteiger partial charge in [0.15, 0.2) is 16.0 Å². The number of carbonyl (C=O) groups excluding carboxylic acids is 1. The van der Waals surface area contributed by atoms with E-state index in [1.165, 1.54) is 29.2 Å². The molecule has 0 bridgehead atoms. The quantitative estimate of drug-likeness (QED) is 0.538. The van der Waals surface area contributed by atoms with Gasteiger partial charge in [0.2, 0.25) is 11.0 Å². The van der Waals surface area contributed by atoms with Crippen LogP contribution in [-0.2, 0) is 4.79 Å². The molecular weight excluding hydrogens is 354 g/mol. The maximum Gasteiger partial charge on any atom is 0.237 e. The van der Waals surface area contributed by atoms with Crippen LogP contribution in [0.25, 0.3) is 0 Å². The largest absolute Gasteiger partial charge is 0.360 e. The molecule has 1 heterocycles. The Hall–Kier alpha value is -1.74. The molecule has 1 atom stereocenters. The number of nitrogens with zero attached hydrogens (tertiary/aromatic N) is 2. The topological polar surface area (TPSA) is 66.9 Å². The van der Waals surface area contributed by atoms with Gasteiger partial charge < -0.3 is 10.6 Å². The summed E-state index contributed by atoms with van der Waals surface area (Å²) in [6, 6.07) is 3.24. The molecular formula is C15H18F2N4OS2. The van der Waals surface area contributed by atoms with Crippen molar-refractivity contribution < 1.29 is 13.6 Å². The molecule has 0 aliphatic rings. The number of anilines is 2. The van der Waals surface area contributed by atoms with Gasteiger partial charge in [-0.15, -0.1) is 10.2 Å². The standard InChI is InChI=1S/C15H18F2N4OS2/c1-3-4-7-18-14-20-21-15(24-14)23-9(2)13(22)19-10-5-6-11(16)12(17)8-10/h5-6,8-9H,3-4,7H2,1-2H3,(H,18,20)(H,19,22)/t9-/m0/s1. The molecule has 2 N–H and O–H groups in total. The number of hydrogen-bond donors (Lipinski definition) is 2. The number of carbonyl (C=O) groups is 1. The Morgan fingerprint density at radius 2 is 2.12 bits per heavy atom. The smallest absolute Gasteiger partial charge is 0.237 e.